The molecular weight excluding hydrogens is 246 g/mol. The number of benzene rings is 2. The van der Waals surface area contributed by atoms with Crippen LogP contribution in [0, 0.1) is 11.6 Å². The van der Waals surface area contributed by atoms with Crippen LogP contribution < -0.4 is 0 Å². The normalized spacial score (nSPS) is 10.3. The van der Waals surface area contributed by atoms with E-state index in [0.717, 1.165) is 12.1 Å². The van der Waals surface area contributed by atoms with Gasteiger partial charge in [-0.05, 0) is 35.4 Å². The molecule has 0 aliphatic heterocycles. The van der Waals surface area contributed by atoms with Gasteiger partial charge >= 0.3 is 0 Å². The lowest BCUT2D eigenvalue weighted by Gasteiger charge is -2.07. The van der Waals surface area contributed by atoms with Crippen molar-refractivity contribution in [3.8, 4) is 11.1 Å². The lowest BCUT2D eigenvalue weighted by Crippen LogP contribution is -1.95. The molecule has 0 aliphatic rings. The Bertz CT molecular complexity index is 581. The zero-order valence-electron chi connectivity index (χ0n) is 8.58. The van der Waals surface area contributed by atoms with Gasteiger partial charge in [0.25, 0.3) is 5.24 Å². The van der Waals surface area contributed by atoms with E-state index in [-0.39, 0.29) is 11.1 Å². The molecule has 4 heteroatoms. The summed E-state index contributed by atoms with van der Waals surface area (Å²) in [6.45, 7) is 0. The number of carbonyl (C=O) groups excluding carboxylic acids is 1. The number of carbonyl (C=O) groups is 1. The molecule has 0 N–H and O–H groups in total. The van der Waals surface area contributed by atoms with Gasteiger partial charge in [0.2, 0.25) is 0 Å². The summed E-state index contributed by atoms with van der Waals surface area (Å²) in [6, 6.07) is 9.52. The molecule has 0 atom stereocenters. The monoisotopic (exact) mass is 252 g/mol. The van der Waals surface area contributed by atoms with Crippen molar-refractivity contribution >= 4 is 16.8 Å². The van der Waals surface area contributed by atoms with E-state index >= 15 is 0 Å². The molecule has 0 bridgehead atoms. The maximum atomic E-state index is 13.6. The van der Waals surface area contributed by atoms with E-state index in [0.29, 0.717) is 5.56 Å². The van der Waals surface area contributed by atoms with Gasteiger partial charge in [-0.1, -0.05) is 18.2 Å². The highest BCUT2D eigenvalue weighted by Gasteiger charge is 2.13. The Hall–Kier alpha value is -1.74. The molecule has 0 aromatic heterocycles. The van der Waals surface area contributed by atoms with Crippen molar-refractivity contribution in [2.45, 2.75) is 0 Å². The molecule has 2 rings (SSSR count). The van der Waals surface area contributed by atoms with Crippen LogP contribution in [0.15, 0.2) is 42.5 Å². The third-order valence-corrected chi connectivity index (χ3v) is 2.56. The molecule has 0 saturated heterocycles. The number of hydrogen-bond donors (Lipinski definition) is 0. The summed E-state index contributed by atoms with van der Waals surface area (Å²) in [5.74, 6) is -1.39. The fraction of sp³-hybridized carbons (Fsp3) is 0. The molecule has 0 aliphatic carbocycles. The van der Waals surface area contributed by atoms with Crippen LogP contribution in [0.4, 0.5) is 8.78 Å². The molecule has 2 aromatic carbocycles. The van der Waals surface area contributed by atoms with E-state index in [1.165, 1.54) is 12.1 Å². The first kappa shape index (κ1) is 11.7. The average Bonchev–Trinajstić information content (AvgIpc) is 2.29. The van der Waals surface area contributed by atoms with Gasteiger partial charge in [-0.15, -0.1) is 0 Å². The maximum absolute atomic E-state index is 13.6. The van der Waals surface area contributed by atoms with Crippen LogP contribution in [-0.4, -0.2) is 5.24 Å². The average molecular weight is 253 g/mol. The molecular formula is C13H7ClF2O. The number of halogens is 3. The molecule has 0 fully saturated rings. The van der Waals surface area contributed by atoms with Gasteiger partial charge in [0, 0.05) is 17.2 Å². The summed E-state index contributed by atoms with van der Waals surface area (Å²) in [5, 5.41) is -0.677. The Morgan fingerprint density at radius 1 is 1.00 bits per heavy atom. The number of rotatable bonds is 2. The lowest BCUT2D eigenvalue weighted by atomic mass is 10.00. The molecule has 2 aromatic rings. The molecule has 0 heterocycles. The highest BCUT2D eigenvalue weighted by Crippen LogP contribution is 2.27. The van der Waals surface area contributed by atoms with Gasteiger partial charge in [0.1, 0.15) is 11.6 Å². The van der Waals surface area contributed by atoms with E-state index in [1.54, 1.807) is 18.2 Å². The number of hydrogen-bond acceptors (Lipinski definition) is 1. The second-order valence-electron chi connectivity index (χ2n) is 3.44. The quantitative estimate of drug-likeness (QED) is 0.738. The molecule has 17 heavy (non-hydrogen) atoms. The first-order chi connectivity index (χ1) is 8.09. The zero-order valence-corrected chi connectivity index (χ0v) is 9.34. The highest BCUT2D eigenvalue weighted by atomic mass is 35.5. The van der Waals surface area contributed by atoms with Gasteiger partial charge in [-0.2, -0.15) is 0 Å². The van der Waals surface area contributed by atoms with E-state index in [2.05, 4.69) is 0 Å². The highest BCUT2D eigenvalue weighted by molar-refractivity contribution is 6.68. The van der Waals surface area contributed by atoms with Crippen molar-refractivity contribution in [1.29, 1.82) is 0 Å². The summed E-state index contributed by atoms with van der Waals surface area (Å²) in [5.41, 5.74) is 0.695. The predicted octanol–water partition coefficient (Wildman–Crippen LogP) is 4.01. The van der Waals surface area contributed by atoms with Gasteiger partial charge in [0.15, 0.2) is 0 Å². The fourth-order valence-corrected chi connectivity index (χ4v) is 1.76. The van der Waals surface area contributed by atoms with Crippen molar-refractivity contribution in [2.24, 2.45) is 0 Å². The standard InChI is InChI=1S/C13H7ClF2O/c14-13(17)11-4-2-1-3-9(11)10-6-5-8(15)7-12(10)16/h1-7H. The second-order valence-corrected chi connectivity index (χ2v) is 3.79. The van der Waals surface area contributed by atoms with Crippen LogP contribution in [0.1, 0.15) is 10.4 Å². The zero-order chi connectivity index (χ0) is 12.4. The maximum Gasteiger partial charge on any atom is 0.253 e. The van der Waals surface area contributed by atoms with Crippen molar-refractivity contribution in [3.05, 3.63) is 59.7 Å². The minimum atomic E-state index is -0.727. The smallest absolute Gasteiger partial charge is 0.253 e. The SMILES string of the molecule is O=C(Cl)c1ccccc1-c1ccc(F)cc1F. The largest absolute Gasteiger partial charge is 0.276 e. The summed E-state index contributed by atoms with van der Waals surface area (Å²) in [7, 11) is 0. The Labute approximate surface area is 102 Å². The van der Waals surface area contributed by atoms with E-state index in [4.69, 9.17) is 11.6 Å². The minimum absolute atomic E-state index is 0.149. The Kier molecular flexibility index (Phi) is 3.20. The topological polar surface area (TPSA) is 17.1 Å². The van der Waals surface area contributed by atoms with Crippen LogP contribution in [-0.2, 0) is 0 Å². The lowest BCUT2D eigenvalue weighted by molar-refractivity contribution is 0.108. The van der Waals surface area contributed by atoms with Crippen LogP contribution in [0.3, 0.4) is 0 Å². The molecule has 0 spiro atoms. The second kappa shape index (κ2) is 4.63. The first-order valence-electron chi connectivity index (χ1n) is 4.84. The Balaban J connectivity index is 2.64. The Morgan fingerprint density at radius 2 is 1.71 bits per heavy atom. The third-order valence-electron chi connectivity index (χ3n) is 2.36. The Morgan fingerprint density at radius 3 is 2.35 bits per heavy atom. The summed E-state index contributed by atoms with van der Waals surface area (Å²) >= 11 is 5.41. The van der Waals surface area contributed by atoms with Gasteiger partial charge < -0.3 is 0 Å². The van der Waals surface area contributed by atoms with Gasteiger partial charge in [-0.25, -0.2) is 8.78 Å². The fourth-order valence-electron chi connectivity index (χ4n) is 1.60. The van der Waals surface area contributed by atoms with Crippen molar-refractivity contribution < 1.29 is 13.6 Å². The van der Waals surface area contributed by atoms with Gasteiger partial charge in [-0.3, -0.25) is 4.79 Å². The molecule has 0 radical (unpaired) electrons. The molecule has 0 unspecified atom stereocenters. The third kappa shape index (κ3) is 2.34. The minimum Gasteiger partial charge on any atom is -0.276 e. The molecule has 1 nitrogen and oxygen atoms in total. The summed E-state index contributed by atoms with van der Waals surface area (Å²) in [4.78, 5) is 11.2. The van der Waals surface area contributed by atoms with Crippen LogP contribution in [0.2, 0.25) is 0 Å². The van der Waals surface area contributed by atoms with Crippen LogP contribution in [0.5, 0.6) is 0 Å². The van der Waals surface area contributed by atoms with Crippen molar-refractivity contribution in [2.75, 3.05) is 0 Å². The van der Waals surface area contributed by atoms with Crippen LogP contribution >= 0.6 is 11.6 Å². The van der Waals surface area contributed by atoms with Crippen LogP contribution in [0.25, 0.3) is 11.1 Å². The van der Waals surface area contributed by atoms with E-state index in [9.17, 15) is 13.6 Å². The molecule has 0 saturated carbocycles. The van der Waals surface area contributed by atoms with Crippen molar-refractivity contribution in [3.63, 3.8) is 0 Å². The van der Waals surface area contributed by atoms with Crippen molar-refractivity contribution in [1.82, 2.24) is 0 Å². The summed E-state index contributed by atoms with van der Waals surface area (Å²) < 4.78 is 26.4. The predicted molar refractivity (Wildman–Crippen MR) is 62.0 cm³/mol. The van der Waals surface area contributed by atoms with E-state index < -0.39 is 16.9 Å². The van der Waals surface area contributed by atoms with E-state index in [1.807, 2.05) is 0 Å². The van der Waals surface area contributed by atoms with Gasteiger partial charge in [0.05, 0.1) is 0 Å². The molecule has 0 amide bonds. The molecule has 86 valence electrons. The first-order valence-corrected chi connectivity index (χ1v) is 5.21. The summed E-state index contributed by atoms with van der Waals surface area (Å²) in [6.07, 6.45) is 0.